The number of thioether (sulfide) groups is 1. The van der Waals surface area contributed by atoms with E-state index in [0.717, 1.165) is 10.5 Å². The molecule has 4 radical (unpaired) electrons. The van der Waals surface area contributed by atoms with Crippen LogP contribution in [0.25, 0.3) is 0 Å². The largest absolute Gasteiger partial charge is 0.493 e. The SMILES string of the molecule is [B]C([B])(N)Cc1cc(OC)c(OC)c(SC)c1. The molecule has 6 heteroatoms. The fourth-order valence-electron chi connectivity index (χ4n) is 1.59. The van der Waals surface area contributed by atoms with Crippen LogP contribution in [0.3, 0.4) is 0 Å². The average molecular weight is 247 g/mol. The van der Waals surface area contributed by atoms with Crippen LogP contribution in [0.1, 0.15) is 5.56 Å². The quantitative estimate of drug-likeness (QED) is 0.620. The third kappa shape index (κ3) is 3.89. The van der Waals surface area contributed by atoms with Gasteiger partial charge in [0.2, 0.25) is 0 Å². The predicted molar refractivity (Wildman–Crippen MR) is 73.5 cm³/mol. The summed E-state index contributed by atoms with van der Waals surface area (Å²) in [5.41, 5.74) is 6.51. The van der Waals surface area contributed by atoms with Gasteiger partial charge in [0.1, 0.15) is 0 Å². The van der Waals surface area contributed by atoms with E-state index < -0.39 is 5.34 Å². The lowest BCUT2D eigenvalue weighted by Crippen LogP contribution is -2.43. The number of ether oxygens (including phenoxy) is 2. The average Bonchev–Trinajstić information content (AvgIpc) is 2.25. The fourth-order valence-corrected chi connectivity index (χ4v) is 2.23. The van der Waals surface area contributed by atoms with Gasteiger partial charge in [-0.3, -0.25) is 0 Å². The van der Waals surface area contributed by atoms with Gasteiger partial charge in [-0.05, 0) is 30.4 Å². The standard InChI is InChI=1S/C11H15B2NO2S/c1-15-8-4-7(6-11(12,13)14)5-9(17-3)10(8)16-2/h4-5H,6,14H2,1-3H3. The molecule has 1 aromatic carbocycles. The molecule has 0 saturated carbocycles. The summed E-state index contributed by atoms with van der Waals surface area (Å²) in [6, 6.07) is 3.78. The van der Waals surface area contributed by atoms with Crippen molar-refractivity contribution >= 4 is 27.5 Å². The smallest absolute Gasteiger partial charge is 0.174 e. The molecule has 0 aromatic heterocycles. The van der Waals surface area contributed by atoms with Crippen LogP contribution >= 0.6 is 11.8 Å². The summed E-state index contributed by atoms with van der Waals surface area (Å²) in [7, 11) is 14.4. The lowest BCUT2D eigenvalue weighted by molar-refractivity contribution is 0.347. The van der Waals surface area contributed by atoms with Gasteiger partial charge in [-0.15, -0.1) is 11.8 Å². The number of nitrogens with two attached hydrogens (primary N) is 1. The van der Waals surface area contributed by atoms with Crippen molar-refractivity contribution in [1.29, 1.82) is 0 Å². The van der Waals surface area contributed by atoms with E-state index in [1.807, 2.05) is 18.4 Å². The number of rotatable bonds is 5. The molecule has 1 aromatic rings. The Hall–Kier alpha value is -0.740. The van der Waals surface area contributed by atoms with Crippen LogP contribution in [0, 0.1) is 0 Å². The molecule has 2 N–H and O–H groups in total. The number of methoxy groups -OCH3 is 2. The number of benzene rings is 1. The van der Waals surface area contributed by atoms with Crippen LogP contribution in [0.15, 0.2) is 17.0 Å². The molecule has 1 rings (SSSR count). The van der Waals surface area contributed by atoms with Crippen molar-refractivity contribution in [3.05, 3.63) is 17.7 Å². The Morgan fingerprint density at radius 1 is 1.29 bits per heavy atom. The highest BCUT2D eigenvalue weighted by molar-refractivity contribution is 7.98. The highest BCUT2D eigenvalue weighted by Gasteiger charge is 2.16. The Bertz CT molecular complexity index is 369. The maximum absolute atomic E-state index is 5.60. The monoisotopic (exact) mass is 247 g/mol. The van der Waals surface area contributed by atoms with Crippen molar-refractivity contribution in [3.63, 3.8) is 0 Å². The minimum Gasteiger partial charge on any atom is -0.493 e. The van der Waals surface area contributed by atoms with Crippen LogP contribution in [0.5, 0.6) is 11.5 Å². The first kappa shape index (κ1) is 14.3. The van der Waals surface area contributed by atoms with E-state index in [9.17, 15) is 0 Å². The molecule has 0 unspecified atom stereocenters. The minimum atomic E-state index is -1.23. The first-order valence-electron chi connectivity index (χ1n) is 5.06. The Morgan fingerprint density at radius 3 is 2.35 bits per heavy atom. The number of hydrogen-bond acceptors (Lipinski definition) is 4. The third-order valence-electron chi connectivity index (χ3n) is 2.23. The van der Waals surface area contributed by atoms with Crippen molar-refractivity contribution in [2.45, 2.75) is 16.7 Å². The molecule has 17 heavy (non-hydrogen) atoms. The molecule has 0 aliphatic heterocycles. The van der Waals surface area contributed by atoms with Gasteiger partial charge in [0, 0.05) is 0 Å². The van der Waals surface area contributed by atoms with Crippen molar-refractivity contribution in [3.8, 4) is 11.5 Å². The zero-order valence-corrected chi connectivity index (χ0v) is 11.1. The van der Waals surface area contributed by atoms with E-state index in [2.05, 4.69) is 0 Å². The predicted octanol–water partition coefficient (Wildman–Crippen LogP) is 0.918. The molecule has 0 fully saturated rings. The normalized spacial score (nSPS) is 11.3. The molecule has 0 atom stereocenters. The zero-order chi connectivity index (χ0) is 13.1. The summed E-state index contributed by atoms with van der Waals surface area (Å²) in [6.45, 7) is 0. The molecule has 88 valence electrons. The number of hydrogen-bond donors (Lipinski definition) is 1. The summed E-state index contributed by atoms with van der Waals surface area (Å²) >= 11 is 1.56. The van der Waals surface area contributed by atoms with Crippen LogP contribution in [-0.4, -0.2) is 41.5 Å². The molecular weight excluding hydrogens is 232 g/mol. The van der Waals surface area contributed by atoms with Gasteiger partial charge in [-0.25, -0.2) is 0 Å². The van der Waals surface area contributed by atoms with E-state index >= 15 is 0 Å². The van der Waals surface area contributed by atoms with Crippen molar-refractivity contribution in [1.82, 2.24) is 0 Å². The summed E-state index contributed by atoms with van der Waals surface area (Å²) in [5, 5.41) is -1.23. The summed E-state index contributed by atoms with van der Waals surface area (Å²) in [4.78, 5) is 0.964. The molecule has 0 aliphatic carbocycles. The Labute approximate surface area is 109 Å². The van der Waals surface area contributed by atoms with Gasteiger partial charge in [0.25, 0.3) is 0 Å². The summed E-state index contributed by atoms with van der Waals surface area (Å²) in [6.07, 6.45) is 2.32. The van der Waals surface area contributed by atoms with Crippen LogP contribution in [0.2, 0.25) is 0 Å². The molecular formula is C11H15B2NO2S. The van der Waals surface area contributed by atoms with E-state index in [-0.39, 0.29) is 0 Å². The van der Waals surface area contributed by atoms with Gasteiger partial charge >= 0.3 is 0 Å². The van der Waals surface area contributed by atoms with Gasteiger partial charge in [-0.1, -0.05) is 5.34 Å². The first-order valence-corrected chi connectivity index (χ1v) is 6.29. The second-order valence-electron chi connectivity index (χ2n) is 3.82. The summed E-state index contributed by atoms with van der Waals surface area (Å²) < 4.78 is 10.6. The van der Waals surface area contributed by atoms with E-state index in [0.29, 0.717) is 17.9 Å². The van der Waals surface area contributed by atoms with E-state index in [1.165, 1.54) is 0 Å². The molecule has 0 spiro atoms. The van der Waals surface area contributed by atoms with Gasteiger partial charge in [0.05, 0.1) is 34.8 Å². The topological polar surface area (TPSA) is 44.5 Å². The third-order valence-corrected chi connectivity index (χ3v) is 2.98. The Morgan fingerprint density at radius 2 is 1.94 bits per heavy atom. The van der Waals surface area contributed by atoms with Crippen molar-refractivity contribution in [2.24, 2.45) is 5.73 Å². The second-order valence-corrected chi connectivity index (χ2v) is 4.67. The van der Waals surface area contributed by atoms with Crippen molar-refractivity contribution < 1.29 is 9.47 Å². The molecule has 0 bridgehead atoms. The van der Waals surface area contributed by atoms with Gasteiger partial charge in [0.15, 0.2) is 11.5 Å². The maximum atomic E-state index is 5.60. The molecule has 3 nitrogen and oxygen atoms in total. The molecule has 0 aliphatic rings. The molecule has 0 amide bonds. The second kappa shape index (κ2) is 5.74. The van der Waals surface area contributed by atoms with Crippen LogP contribution in [-0.2, 0) is 6.42 Å². The van der Waals surface area contributed by atoms with E-state index in [4.69, 9.17) is 30.9 Å². The zero-order valence-electron chi connectivity index (χ0n) is 10.3. The summed E-state index contributed by atoms with van der Waals surface area (Å²) in [5.74, 6) is 1.36. The van der Waals surface area contributed by atoms with Gasteiger partial charge < -0.3 is 15.2 Å². The minimum absolute atomic E-state index is 0.362. The maximum Gasteiger partial charge on any atom is 0.174 e. The fraction of sp³-hybridized carbons (Fsp3) is 0.455. The first-order chi connectivity index (χ1) is 7.91. The Kier molecular flexibility index (Phi) is 4.83. The van der Waals surface area contributed by atoms with E-state index in [1.54, 1.807) is 26.0 Å². The molecule has 0 saturated heterocycles. The lowest BCUT2D eigenvalue weighted by Gasteiger charge is -2.21. The highest BCUT2D eigenvalue weighted by Crippen LogP contribution is 2.38. The van der Waals surface area contributed by atoms with Crippen molar-refractivity contribution in [2.75, 3.05) is 20.5 Å². The van der Waals surface area contributed by atoms with Crippen LogP contribution < -0.4 is 15.2 Å². The highest BCUT2D eigenvalue weighted by atomic mass is 32.2. The van der Waals surface area contributed by atoms with Gasteiger partial charge in [-0.2, -0.15) is 0 Å². The molecule has 0 heterocycles. The Balaban J connectivity index is 3.18. The lowest BCUT2D eigenvalue weighted by atomic mass is 9.60. The van der Waals surface area contributed by atoms with Crippen LogP contribution in [0.4, 0.5) is 0 Å².